The van der Waals surface area contributed by atoms with Crippen LogP contribution in [0.4, 0.5) is 17.1 Å². The van der Waals surface area contributed by atoms with E-state index >= 15 is 0 Å². The maximum atomic E-state index is 12.4. The highest BCUT2D eigenvalue weighted by Gasteiger charge is 2.35. The van der Waals surface area contributed by atoms with Crippen LogP contribution in [0.5, 0.6) is 0 Å². The van der Waals surface area contributed by atoms with Crippen LogP contribution < -0.4 is 10.2 Å². The van der Waals surface area contributed by atoms with Gasteiger partial charge in [-0.2, -0.15) is 0 Å². The Labute approximate surface area is 158 Å². The molecule has 1 atom stereocenters. The summed E-state index contributed by atoms with van der Waals surface area (Å²) in [6, 6.07) is 10.8. The molecule has 0 spiro atoms. The Kier molecular flexibility index (Phi) is 5.11. The Hall–Kier alpha value is -2.64. The Morgan fingerprint density at radius 3 is 2.54 bits per heavy atom. The molecule has 0 unspecified atom stereocenters. The standard InChI is InChI=1S/C17H13Cl2N3O4/c18-11-1-4-13(5-2-11)21-9-10(7-16(21)23)17(24)20-12-3-6-14(19)15(8-12)22(25)26/h1-6,8,10H,7,9H2,(H,20,24)/t10-/m1/s1. The van der Waals surface area contributed by atoms with Gasteiger partial charge in [-0.1, -0.05) is 23.2 Å². The van der Waals surface area contributed by atoms with E-state index in [1.54, 1.807) is 24.3 Å². The van der Waals surface area contributed by atoms with Crippen LogP contribution in [0.15, 0.2) is 42.5 Å². The molecule has 2 aromatic rings. The van der Waals surface area contributed by atoms with Gasteiger partial charge in [-0.25, -0.2) is 0 Å². The molecule has 2 aromatic carbocycles. The van der Waals surface area contributed by atoms with E-state index in [-0.39, 0.29) is 41.2 Å². The monoisotopic (exact) mass is 393 g/mol. The first-order valence-corrected chi connectivity index (χ1v) is 8.41. The van der Waals surface area contributed by atoms with Crippen molar-refractivity contribution in [2.75, 3.05) is 16.8 Å². The summed E-state index contributed by atoms with van der Waals surface area (Å²) in [5.41, 5.74) is 0.620. The van der Waals surface area contributed by atoms with Crippen LogP contribution in [0, 0.1) is 16.0 Å². The number of rotatable bonds is 4. The zero-order valence-electron chi connectivity index (χ0n) is 13.3. The molecule has 1 heterocycles. The van der Waals surface area contributed by atoms with E-state index < -0.39 is 10.8 Å². The lowest BCUT2D eigenvalue weighted by atomic mass is 10.1. The van der Waals surface area contributed by atoms with Crippen LogP contribution in [-0.2, 0) is 9.59 Å². The summed E-state index contributed by atoms with van der Waals surface area (Å²) in [6.45, 7) is 0.224. The molecule has 0 aliphatic carbocycles. The first-order chi connectivity index (χ1) is 12.3. The molecule has 1 N–H and O–H groups in total. The van der Waals surface area contributed by atoms with E-state index in [2.05, 4.69) is 5.32 Å². The molecule has 9 heteroatoms. The highest BCUT2D eigenvalue weighted by Crippen LogP contribution is 2.29. The Bertz CT molecular complexity index is 886. The summed E-state index contributed by atoms with van der Waals surface area (Å²) < 4.78 is 0. The first kappa shape index (κ1) is 18.2. The number of nitro groups is 1. The first-order valence-electron chi connectivity index (χ1n) is 7.66. The molecule has 1 fully saturated rings. The van der Waals surface area contributed by atoms with Crippen molar-refractivity contribution in [3.05, 3.63) is 62.6 Å². The topological polar surface area (TPSA) is 92.5 Å². The third-order valence-electron chi connectivity index (χ3n) is 4.04. The summed E-state index contributed by atoms with van der Waals surface area (Å²) in [5, 5.41) is 14.1. The second-order valence-corrected chi connectivity index (χ2v) is 6.64. The maximum absolute atomic E-state index is 12.4. The molecule has 1 aliphatic heterocycles. The lowest BCUT2D eigenvalue weighted by Gasteiger charge is -2.16. The van der Waals surface area contributed by atoms with Gasteiger partial charge in [0.25, 0.3) is 5.69 Å². The molecule has 3 rings (SSSR count). The number of hydrogen-bond donors (Lipinski definition) is 1. The Morgan fingerprint density at radius 2 is 1.88 bits per heavy atom. The molecule has 26 heavy (non-hydrogen) atoms. The number of hydrogen-bond acceptors (Lipinski definition) is 4. The van der Waals surface area contributed by atoms with Gasteiger partial charge in [0.05, 0.1) is 10.8 Å². The van der Waals surface area contributed by atoms with Gasteiger partial charge in [-0.3, -0.25) is 19.7 Å². The summed E-state index contributed by atoms with van der Waals surface area (Å²) in [7, 11) is 0. The molecule has 134 valence electrons. The summed E-state index contributed by atoms with van der Waals surface area (Å²) in [5.74, 6) is -1.12. The van der Waals surface area contributed by atoms with Crippen molar-refractivity contribution < 1.29 is 14.5 Å². The summed E-state index contributed by atoms with van der Waals surface area (Å²) >= 11 is 11.6. The number of nitrogens with zero attached hydrogens (tertiary/aromatic N) is 2. The highest BCUT2D eigenvalue weighted by atomic mass is 35.5. The Balaban J connectivity index is 1.71. The van der Waals surface area contributed by atoms with Gasteiger partial charge in [0.1, 0.15) is 5.02 Å². The minimum Gasteiger partial charge on any atom is -0.326 e. The number of nitro benzene ring substituents is 1. The molecule has 1 saturated heterocycles. The van der Waals surface area contributed by atoms with Crippen molar-refractivity contribution in [3.63, 3.8) is 0 Å². The van der Waals surface area contributed by atoms with E-state index in [0.717, 1.165) is 0 Å². The minimum absolute atomic E-state index is 0.0158. The molecule has 1 aliphatic rings. The zero-order valence-corrected chi connectivity index (χ0v) is 14.8. The summed E-state index contributed by atoms with van der Waals surface area (Å²) in [4.78, 5) is 36.5. The van der Waals surface area contributed by atoms with E-state index in [1.165, 1.54) is 23.1 Å². The van der Waals surface area contributed by atoms with E-state index in [0.29, 0.717) is 10.7 Å². The predicted molar refractivity (Wildman–Crippen MR) is 98.6 cm³/mol. The Morgan fingerprint density at radius 1 is 1.19 bits per heavy atom. The van der Waals surface area contributed by atoms with E-state index in [4.69, 9.17) is 23.2 Å². The molecule has 2 amide bonds. The molecule has 0 radical (unpaired) electrons. The second kappa shape index (κ2) is 7.31. The van der Waals surface area contributed by atoms with Gasteiger partial charge >= 0.3 is 0 Å². The van der Waals surface area contributed by atoms with Crippen LogP contribution in [0.1, 0.15) is 6.42 Å². The lowest BCUT2D eigenvalue weighted by molar-refractivity contribution is -0.384. The molecule has 0 saturated carbocycles. The van der Waals surface area contributed by atoms with Crippen molar-refractivity contribution in [1.82, 2.24) is 0 Å². The molecule has 0 aromatic heterocycles. The molecular weight excluding hydrogens is 381 g/mol. The highest BCUT2D eigenvalue weighted by molar-refractivity contribution is 6.32. The largest absolute Gasteiger partial charge is 0.326 e. The number of anilines is 2. The second-order valence-electron chi connectivity index (χ2n) is 5.79. The fourth-order valence-electron chi connectivity index (χ4n) is 2.73. The number of carbonyl (C=O) groups excluding carboxylic acids is 2. The van der Waals surface area contributed by atoms with Crippen LogP contribution in [-0.4, -0.2) is 23.3 Å². The number of nitrogens with one attached hydrogen (secondary N) is 1. The molecular formula is C17H13Cl2N3O4. The van der Waals surface area contributed by atoms with Crippen LogP contribution in [0.3, 0.4) is 0 Å². The van der Waals surface area contributed by atoms with Crippen LogP contribution in [0.25, 0.3) is 0 Å². The smallest absolute Gasteiger partial charge is 0.289 e. The quantitative estimate of drug-likeness (QED) is 0.629. The van der Waals surface area contributed by atoms with Gasteiger partial charge in [-0.05, 0) is 36.4 Å². The van der Waals surface area contributed by atoms with Crippen molar-refractivity contribution in [2.24, 2.45) is 5.92 Å². The van der Waals surface area contributed by atoms with Gasteiger partial charge < -0.3 is 10.2 Å². The van der Waals surface area contributed by atoms with Gasteiger partial charge in [0, 0.05) is 35.4 Å². The maximum Gasteiger partial charge on any atom is 0.289 e. The fraction of sp³-hybridized carbons (Fsp3) is 0.176. The van der Waals surface area contributed by atoms with E-state index in [9.17, 15) is 19.7 Å². The van der Waals surface area contributed by atoms with E-state index in [1.807, 2.05) is 0 Å². The SMILES string of the molecule is O=C(Nc1ccc(Cl)c([N+](=O)[O-])c1)[C@@H]1CC(=O)N(c2ccc(Cl)cc2)C1. The van der Waals surface area contributed by atoms with Crippen LogP contribution >= 0.6 is 23.2 Å². The van der Waals surface area contributed by atoms with Crippen molar-refractivity contribution in [1.29, 1.82) is 0 Å². The molecule has 0 bridgehead atoms. The average Bonchev–Trinajstić information content (AvgIpc) is 2.99. The number of halogens is 2. The summed E-state index contributed by atoms with van der Waals surface area (Å²) in [6.07, 6.45) is 0.0597. The van der Waals surface area contributed by atoms with Gasteiger partial charge in [0.15, 0.2) is 0 Å². The number of benzene rings is 2. The van der Waals surface area contributed by atoms with Gasteiger partial charge in [-0.15, -0.1) is 0 Å². The number of carbonyl (C=O) groups is 2. The average molecular weight is 394 g/mol. The predicted octanol–water partition coefficient (Wildman–Crippen LogP) is 3.89. The lowest BCUT2D eigenvalue weighted by Crippen LogP contribution is -2.28. The van der Waals surface area contributed by atoms with Crippen molar-refractivity contribution in [2.45, 2.75) is 6.42 Å². The van der Waals surface area contributed by atoms with Crippen molar-refractivity contribution >= 4 is 52.1 Å². The minimum atomic E-state index is -0.626. The normalized spacial score (nSPS) is 16.6. The fourth-order valence-corrected chi connectivity index (χ4v) is 3.04. The molecule has 7 nitrogen and oxygen atoms in total. The van der Waals surface area contributed by atoms with Gasteiger partial charge in [0.2, 0.25) is 11.8 Å². The third-order valence-corrected chi connectivity index (χ3v) is 4.62. The third kappa shape index (κ3) is 3.79. The van der Waals surface area contributed by atoms with Crippen molar-refractivity contribution in [3.8, 4) is 0 Å². The number of amides is 2. The van der Waals surface area contributed by atoms with Crippen LogP contribution in [0.2, 0.25) is 10.0 Å². The zero-order chi connectivity index (χ0) is 18.8.